The van der Waals surface area contributed by atoms with Crippen LogP contribution >= 0.6 is 0 Å². The Balaban J connectivity index is 2.09. The SMILES string of the molecule is COc1ccc(C(O)(c2ccc(C#C[Si](C)(C)C)cc2)c2ccc(OC)cc2)cc1. The van der Waals surface area contributed by atoms with Crippen LogP contribution in [0, 0.1) is 11.5 Å². The maximum atomic E-state index is 12.0. The summed E-state index contributed by atoms with van der Waals surface area (Å²) in [6, 6.07) is 22.8. The van der Waals surface area contributed by atoms with E-state index in [4.69, 9.17) is 9.47 Å². The average molecular weight is 417 g/mol. The van der Waals surface area contributed by atoms with E-state index in [9.17, 15) is 5.11 Å². The number of benzene rings is 3. The molecule has 154 valence electrons. The normalized spacial score (nSPS) is 11.4. The van der Waals surface area contributed by atoms with Crippen LogP contribution < -0.4 is 9.47 Å². The maximum Gasteiger partial charge on any atom is 0.140 e. The number of aliphatic hydroxyl groups is 1. The zero-order valence-corrected chi connectivity index (χ0v) is 19.2. The molecule has 0 bridgehead atoms. The van der Waals surface area contributed by atoms with Gasteiger partial charge in [-0.2, -0.15) is 0 Å². The second-order valence-electron chi connectivity index (χ2n) is 8.24. The molecule has 0 unspecified atom stereocenters. The molecule has 4 heteroatoms. The molecular formula is C26H28O3Si. The summed E-state index contributed by atoms with van der Waals surface area (Å²) in [7, 11) is 1.81. The first-order chi connectivity index (χ1) is 14.3. The van der Waals surface area contributed by atoms with E-state index in [2.05, 4.69) is 31.1 Å². The fraction of sp³-hybridized carbons (Fsp3) is 0.231. The fourth-order valence-electron chi connectivity index (χ4n) is 3.22. The Hall–Kier alpha value is -3.00. The molecule has 0 aliphatic rings. The summed E-state index contributed by atoms with van der Waals surface area (Å²) >= 11 is 0. The van der Waals surface area contributed by atoms with E-state index >= 15 is 0 Å². The molecule has 0 saturated heterocycles. The highest BCUT2D eigenvalue weighted by molar-refractivity contribution is 6.83. The number of ether oxygens (including phenoxy) is 2. The van der Waals surface area contributed by atoms with Crippen LogP contribution in [0.15, 0.2) is 72.8 Å². The van der Waals surface area contributed by atoms with Crippen LogP contribution in [0.25, 0.3) is 0 Å². The van der Waals surface area contributed by atoms with Gasteiger partial charge in [-0.1, -0.05) is 62.0 Å². The third-order valence-electron chi connectivity index (χ3n) is 4.90. The summed E-state index contributed by atoms with van der Waals surface area (Å²) in [6.45, 7) is 6.67. The van der Waals surface area contributed by atoms with Crippen LogP contribution in [0.5, 0.6) is 11.5 Å². The lowest BCUT2D eigenvalue weighted by molar-refractivity contribution is 0.125. The number of rotatable bonds is 5. The Kier molecular flexibility index (Phi) is 6.36. The van der Waals surface area contributed by atoms with E-state index in [0.29, 0.717) is 0 Å². The fourth-order valence-corrected chi connectivity index (χ4v) is 3.74. The molecule has 0 saturated carbocycles. The first-order valence-corrected chi connectivity index (χ1v) is 13.4. The van der Waals surface area contributed by atoms with Crippen molar-refractivity contribution in [2.75, 3.05) is 14.2 Å². The summed E-state index contributed by atoms with van der Waals surface area (Å²) in [5.74, 6) is 4.76. The van der Waals surface area contributed by atoms with Crippen molar-refractivity contribution in [3.63, 3.8) is 0 Å². The van der Waals surface area contributed by atoms with Gasteiger partial charge in [0.05, 0.1) is 14.2 Å². The molecule has 3 nitrogen and oxygen atoms in total. The average Bonchev–Trinajstić information content (AvgIpc) is 2.77. The quantitative estimate of drug-likeness (QED) is 0.352. The molecule has 1 N–H and O–H groups in total. The van der Waals surface area contributed by atoms with Gasteiger partial charge in [-0.3, -0.25) is 0 Å². The Bertz CT molecular complexity index is 988. The van der Waals surface area contributed by atoms with E-state index in [1.54, 1.807) is 14.2 Å². The summed E-state index contributed by atoms with van der Waals surface area (Å²) in [5.41, 5.74) is 5.31. The van der Waals surface area contributed by atoms with Gasteiger partial charge < -0.3 is 14.6 Å². The zero-order valence-electron chi connectivity index (χ0n) is 18.2. The maximum absolute atomic E-state index is 12.0. The highest BCUT2D eigenvalue weighted by Gasteiger charge is 2.34. The topological polar surface area (TPSA) is 38.7 Å². The molecule has 0 amide bonds. The van der Waals surface area contributed by atoms with Gasteiger partial charge in [-0.25, -0.2) is 0 Å². The van der Waals surface area contributed by atoms with Crippen molar-refractivity contribution >= 4 is 8.07 Å². The molecule has 0 aliphatic carbocycles. The predicted octanol–water partition coefficient (Wildman–Crippen LogP) is 5.22. The third kappa shape index (κ3) is 4.76. The Labute approximate surface area is 180 Å². The lowest BCUT2D eigenvalue weighted by Gasteiger charge is -2.30. The largest absolute Gasteiger partial charge is 0.497 e. The number of methoxy groups -OCH3 is 2. The van der Waals surface area contributed by atoms with E-state index in [1.807, 2.05) is 72.8 Å². The van der Waals surface area contributed by atoms with Gasteiger partial charge >= 0.3 is 0 Å². The van der Waals surface area contributed by atoms with Gasteiger partial charge in [0.2, 0.25) is 0 Å². The van der Waals surface area contributed by atoms with Crippen molar-refractivity contribution in [1.82, 2.24) is 0 Å². The minimum atomic E-state index is -1.45. The van der Waals surface area contributed by atoms with Crippen molar-refractivity contribution in [2.45, 2.75) is 25.2 Å². The van der Waals surface area contributed by atoms with Gasteiger partial charge in [0.25, 0.3) is 0 Å². The molecule has 0 atom stereocenters. The molecule has 3 aromatic rings. The molecule has 0 radical (unpaired) electrons. The summed E-state index contributed by atoms with van der Waals surface area (Å²) in [4.78, 5) is 0. The predicted molar refractivity (Wildman–Crippen MR) is 125 cm³/mol. The Morgan fingerprint density at radius 1 is 0.667 bits per heavy atom. The van der Waals surface area contributed by atoms with Gasteiger partial charge in [0.15, 0.2) is 0 Å². The van der Waals surface area contributed by atoms with Crippen molar-refractivity contribution in [1.29, 1.82) is 0 Å². The van der Waals surface area contributed by atoms with Gasteiger partial charge in [0.1, 0.15) is 25.2 Å². The molecule has 0 spiro atoms. The van der Waals surface area contributed by atoms with Crippen LogP contribution in [0.4, 0.5) is 0 Å². The van der Waals surface area contributed by atoms with Crippen molar-refractivity contribution < 1.29 is 14.6 Å². The highest BCUT2D eigenvalue weighted by Crippen LogP contribution is 2.38. The summed E-state index contributed by atoms with van der Waals surface area (Å²) in [6.07, 6.45) is 0. The first-order valence-electron chi connectivity index (χ1n) is 9.91. The molecule has 0 aromatic heterocycles. The second kappa shape index (κ2) is 8.79. The molecule has 3 rings (SSSR count). The smallest absolute Gasteiger partial charge is 0.140 e. The Morgan fingerprint density at radius 2 is 1.03 bits per heavy atom. The summed E-state index contributed by atoms with van der Waals surface area (Å²) in [5, 5.41) is 12.0. The third-order valence-corrected chi connectivity index (χ3v) is 5.78. The zero-order chi connectivity index (χ0) is 21.8. The molecule has 0 aliphatic heterocycles. The highest BCUT2D eigenvalue weighted by atomic mass is 28.3. The number of hydrogen-bond acceptors (Lipinski definition) is 3. The van der Waals surface area contributed by atoms with E-state index < -0.39 is 13.7 Å². The van der Waals surface area contributed by atoms with Crippen LogP contribution in [0.1, 0.15) is 22.3 Å². The minimum Gasteiger partial charge on any atom is -0.497 e. The van der Waals surface area contributed by atoms with Crippen LogP contribution in [-0.2, 0) is 5.60 Å². The molecule has 0 fully saturated rings. The standard InChI is InChI=1S/C26H28O3Si/c1-28-24-14-10-22(11-15-24)26(27,23-12-16-25(29-2)17-13-23)21-8-6-20(7-9-21)18-19-30(3,4)5/h6-17,27H,1-5H3. The monoisotopic (exact) mass is 416 g/mol. The minimum absolute atomic E-state index is 0.743. The van der Waals surface area contributed by atoms with Crippen molar-refractivity contribution in [3.05, 3.63) is 95.1 Å². The molecule has 3 aromatic carbocycles. The van der Waals surface area contributed by atoms with Gasteiger partial charge in [-0.05, 0) is 53.1 Å². The van der Waals surface area contributed by atoms with Crippen LogP contribution in [-0.4, -0.2) is 27.4 Å². The van der Waals surface area contributed by atoms with Crippen LogP contribution in [0.2, 0.25) is 19.6 Å². The van der Waals surface area contributed by atoms with Crippen molar-refractivity contribution in [3.8, 4) is 23.0 Å². The molecule has 30 heavy (non-hydrogen) atoms. The van der Waals surface area contributed by atoms with E-state index in [1.165, 1.54) is 0 Å². The lowest BCUT2D eigenvalue weighted by Crippen LogP contribution is -2.28. The lowest BCUT2D eigenvalue weighted by atomic mass is 9.80. The first kappa shape index (κ1) is 21.7. The summed E-state index contributed by atoms with van der Waals surface area (Å²) < 4.78 is 10.6. The van der Waals surface area contributed by atoms with Crippen LogP contribution in [0.3, 0.4) is 0 Å². The van der Waals surface area contributed by atoms with Gasteiger partial charge in [0, 0.05) is 5.56 Å². The molecule has 0 heterocycles. The Morgan fingerprint density at radius 3 is 1.37 bits per heavy atom. The number of hydrogen-bond donors (Lipinski definition) is 1. The van der Waals surface area contributed by atoms with Gasteiger partial charge in [-0.15, -0.1) is 5.54 Å². The second-order valence-corrected chi connectivity index (χ2v) is 13.0. The molecular weight excluding hydrogens is 388 g/mol. The van der Waals surface area contributed by atoms with E-state index in [0.717, 1.165) is 33.8 Å². The van der Waals surface area contributed by atoms with E-state index in [-0.39, 0.29) is 0 Å². The van der Waals surface area contributed by atoms with Crippen molar-refractivity contribution in [2.24, 2.45) is 0 Å².